The van der Waals surface area contributed by atoms with E-state index in [-0.39, 0.29) is 6.54 Å². The molecule has 0 unspecified atom stereocenters. The molecular formula is C15H10ClF2NO2S. The molecule has 0 aromatic heterocycles. The Morgan fingerprint density at radius 3 is 2.64 bits per heavy atom. The third-order valence-electron chi connectivity index (χ3n) is 2.59. The van der Waals surface area contributed by atoms with Crippen LogP contribution in [0.25, 0.3) is 0 Å². The Bertz CT molecular complexity index is 857. The highest BCUT2D eigenvalue weighted by molar-refractivity contribution is 7.89. The van der Waals surface area contributed by atoms with Gasteiger partial charge in [-0.1, -0.05) is 29.5 Å². The maximum atomic E-state index is 13.4. The zero-order valence-corrected chi connectivity index (χ0v) is 12.7. The summed E-state index contributed by atoms with van der Waals surface area (Å²) in [5.41, 5.74) is 0.614. The van der Waals surface area contributed by atoms with Crippen LogP contribution < -0.4 is 4.72 Å². The lowest BCUT2D eigenvalue weighted by Crippen LogP contribution is -2.25. The second-order valence-electron chi connectivity index (χ2n) is 4.21. The Morgan fingerprint density at radius 1 is 1.14 bits per heavy atom. The fourth-order valence-electron chi connectivity index (χ4n) is 1.60. The van der Waals surface area contributed by atoms with Gasteiger partial charge < -0.3 is 0 Å². The highest BCUT2D eigenvalue weighted by Crippen LogP contribution is 2.15. The van der Waals surface area contributed by atoms with Crippen LogP contribution in [-0.2, 0) is 10.0 Å². The minimum atomic E-state index is -4.17. The number of hydrogen-bond donors (Lipinski definition) is 1. The van der Waals surface area contributed by atoms with Crippen molar-refractivity contribution < 1.29 is 17.2 Å². The van der Waals surface area contributed by atoms with Crippen molar-refractivity contribution in [2.75, 3.05) is 6.54 Å². The maximum absolute atomic E-state index is 13.4. The topological polar surface area (TPSA) is 46.2 Å². The molecule has 3 nitrogen and oxygen atoms in total. The summed E-state index contributed by atoms with van der Waals surface area (Å²) in [5.74, 6) is 3.41. The molecule has 114 valence electrons. The summed E-state index contributed by atoms with van der Waals surface area (Å²) in [5, 5.41) is 0.509. The first kappa shape index (κ1) is 16.4. The molecule has 0 bridgehead atoms. The van der Waals surface area contributed by atoms with E-state index in [1.807, 2.05) is 0 Å². The molecule has 0 aliphatic heterocycles. The van der Waals surface area contributed by atoms with Crippen molar-refractivity contribution in [1.29, 1.82) is 0 Å². The van der Waals surface area contributed by atoms with Crippen LogP contribution in [0.1, 0.15) is 5.56 Å². The number of hydrogen-bond acceptors (Lipinski definition) is 2. The lowest BCUT2D eigenvalue weighted by Gasteiger charge is -2.05. The molecule has 0 spiro atoms. The van der Waals surface area contributed by atoms with E-state index in [9.17, 15) is 17.2 Å². The quantitative estimate of drug-likeness (QED) is 0.872. The largest absolute Gasteiger partial charge is 0.244 e. The molecule has 2 aromatic rings. The standard InChI is InChI=1S/C15H10ClF2NO2S/c16-12-5-1-3-11(9-12)4-2-8-19-22(20,21)15-10-13(17)6-7-14(15)18/h1,3,5-7,9-10,19H,8H2. The first-order chi connectivity index (χ1) is 10.4. The van der Waals surface area contributed by atoms with E-state index < -0.39 is 26.6 Å². The average Bonchev–Trinajstić information content (AvgIpc) is 2.46. The minimum Gasteiger partial charge on any atom is -0.207 e. The summed E-state index contributed by atoms with van der Waals surface area (Å²) in [7, 11) is -4.17. The van der Waals surface area contributed by atoms with Crippen LogP contribution in [0.2, 0.25) is 5.02 Å². The molecule has 2 rings (SSSR count). The van der Waals surface area contributed by atoms with Crippen LogP contribution >= 0.6 is 11.6 Å². The third kappa shape index (κ3) is 4.28. The summed E-state index contributed by atoms with van der Waals surface area (Å²) >= 11 is 5.79. The molecule has 0 radical (unpaired) electrons. The van der Waals surface area contributed by atoms with Crippen LogP contribution in [0.5, 0.6) is 0 Å². The second-order valence-corrected chi connectivity index (χ2v) is 6.38. The Morgan fingerprint density at radius 2 is 1.91 bits per heavy atom. The van der Waals surface area contributed by atoms with Crippen molar-refractivity contribution in [3.05, 3.63) is 64.7 Å². The maximum Gasteiger partial charge on any atom is 0.244 e. The number of benzene rings is 2. The number of rotatable bonds is 3. The molecule has 0 atom stereocenters. The van der Waals surface area contributed by atoms with E-state index in [2.05, 4.69) is 16.6 Å². The second kappa shape index (κ2) is 6.88. The van der Waals surface area contributed by atoms with Crippen molar-refractivity contribution >= 4 is 21.6 Å². The SMILES string of the molecule is O=S(=O)(NCC#Cc1cccc(Cl)c1)c1cc(F)ccc1F. The van der Waals surface area contributed by atoms with E-state index in [0.717, 1.165) is 12.1 Å². The third-order valence-corrected chi connectivity index (χ3v) is 4.24. The van der Waals surface area contributed by atoms with Gasteiger partial charge in [0.25, 0.3) is 0 Å². The normalized spacial score (nSPS) is 10.9. The van der Waals surface area contributed by atoms with E-state index >= 15 is 0 Å². The summed E-state index contributed by atoms with van der Waals surface area (Å²) in [4.78, 5) is -0.753. The van der Waals surface area contributed by atoms with Crippen LogP contribution in [0.3, 0.4) is 0 Å². The molecule has 0 heterocycles. The van der Waals surface area contributed by atoms with Gasteiger partial charge in [0.2, 0.25) is 10.0 Å². The molecule has 0 amide bonds. The molecule has 0 aliphatic rings. The molecule has 0 fully saturated rings. The lowest BCUT2D eigenvalue weighted by molar-refractivity contribution is 0.548. The van der Waals surface area contributed by atoms with Gasteiger partial charge >= 0.3 is 0 Å². The fraction of sp³-hybridized carbons (Fsp3) is 0.0667. The minimum absolute atomic E-state index is 0.245. The van der Waals surface area contributed by atoms with Crippen LogP contribution in [0.15, 0.2) is 47.4 Å². The Hall–Kier alpha value is -1.94. The van der Waals surface area contributed by atoms with Gasteiger partial charge in [-0.25, -0.2) is 17.2 Å². The molecule has 0 aliphatic carbocycles. The van der Waals surface area contributed by atoms with E-state index in [4.69, 9.17) is 11.6 Å². The first-order valence-corrected chi connectivity index (χ1v) is 7.94. The van der Waals surface area contributed by atoms with Gasteiger partial charge in [-0.3, -0.25) is 0 Å². The van der Waals surface area contributed by atoms with Crippen molar-refractivity contribution in [2.24, 2.45) is 0 Å². The van der Waals surface area contributed by atoms with Gasteiger partial charge in [0.1, 0.15) is 16.5 Å². The van der Waals surface area contributed by atoms with Gasteiger partial charge in [-0.2, -0.15) is 4.72 Å². The van der Waals surface area contributed by atoms with Crippen molar-refractivity contribution in [3.63, 3.8) is 0 Å². The predicted octanol–water partition coefficient (Wildman–Crippen LogP) is 2.95. The van der Waals surface area contributed by atoms with Crippen LogP contribution in [-0.4, -0.2) is 15.0 Å². The van der Waals surface area contributed by atoms with Crippen LogP contribution in [0, 0.1) is 23.5 Å². The van der Waals surface area contributed by atoms with Gasteiger partial charge in [-0.15, -0.1) is 0 Å². The smallest absolute Gasteiger partial charge is 0.207 e. The van der Waals surface area contributed by atoms with Crippen molar-refractivity contribution in [2.45, 2.75) is 4.90 Å². The molecule has 0 saturated carbocycles. The van der Waals surface area contributed by atoms with E-state index in [1.165, 1.54) is 0 Å². The summed E-state index contributed by atoms with van der Waals surface area (Å²) < 4.78 is 52.3. The molecule has 2 aromatic carbocycles. The van der Waals surface area contributed by atoms with Crippen LogP contribution in [0.4, 0.5) is 8.78 Å². The highest BCUT2D eigenvalue weighted by atomic mass is 35.5. The zero-order valence-electron chi connectivity index (χ0n) is 11.1. The monoisotopic (exact) mass is 341 g/mol. The zero-order chi connectivity index (χ0) is 16.2. The number of halogens is 3. The van der Waals surface area contributed by atoms with Gasteiger partial charge in [0.15, 0.2) is 0 Å². The first-order valence-electron chi connectivity index (χ1n) is 6.08. The van der Waals surface area contributed by atoms with E-state index in [0.29, 0.717) is 16.7 Å². The lowest BCUT2D eigenvalue weighted by atomic mass is 10.2. The molecule has 1 N–H and O–H groups in total. The summed E-state index contributed by atoms with van der Waals surface area (Å²) in [6, 6.07) is 8.92. The number of nitrogens with one attached hydrogen (secondary N) is 1. The molecule has 0 saturated heterocycles. The Kier molecular flexibility index (Phi) is 5.14. The average molecular weight is 342 g/mol. The summed E-state index contributed by atoms with van der Waals surface area (Å²) in [6.45, 7) is -0.245. The van der Waals surface area contributed by atoms with Crippen molar-refractivity contribution in [1.82, 2.24) is 4.72 Å². The van der Waals surface area contributed by atoms with Gasteiger partial charge in [-0.05, 0) is 36.4 Å². The van der Waals surface area contributed by atoms with E-state index in [1.54, 1.807) is 24.3 Å². The van der Waals surface area contributed by atoms with Gasteiger partial charge in [0, 0.05) is 10.6 Å². The van der Waals surface area contributed by atoms with Crippen molar-refractivity contribution in [3.8, 4) is 11.8 Å². The Balaban J connectivity index is 2.10. The predicted molar refractivity (Wildman–Crippen MR) is 79.9 cm³/mol. The Labute approximate surface area is 132 Å². The fourth-order valence-corrected chi connectivity index (χ4v) is 2.80. The number of sulfonamides is 1. The van der Waals surface area contributed by atoms with Gasteiger partial charge in [0.05, 0.1) is 6.54 Å². The highest BCUT2D eigenvalue weighted by Gasteiger charge is 2.18. The molecular weight excluding hydrogens is 332 g/mol. The summed E-state index contributed by atoms with van der Waals surface area (Å²) in [6.07, 6.45) is 0. The molecule has 7 heteroatoms. The molecule has 22 heavy (non-hydrogen) atoms.